The van der Waals surface area contributed by atoms with Crippen molar-refractivity contribution in [2.75, 3.05) is 20.2 Å². The average Bonchev–Trinajstić information content (AvgIpc) is 2.88. The third-order valence-electron chi connectivity index (χ3n) is 6.07. The quantitative estimate of drug-likeness (QED) is 0.573. The number of amides is 1. The number of hydrogen-bond donors (Lipinski definition) is 1. The summed E-state index contributed by atoms with van der Waals surface area (Å²) in [4.78, 5) is 13.4. The van der Waals surface area contributed by atoms with Gasteiger partial charge in [-0.25, -0.2) is 8.42 Å². The van der Waals surface area contributed by atoms with Crippen LogP contribution in [-0.4, -0.2) is 38.8 Å². The van der Waals surface area contributed by atoms with Crippen LogP contribution in [0.4, 0.5) is 0 Å². The first-order valence-corrected chi connectivity index (χ1v) is 12.5. The van der Waals surface area contributed by atoms with Crippen molar-refractivity contribution in [3.8, 4) is 5.75 Å². The van der Waals surface area contributed by atoms with Gasteiger partial charge in [0.05, 0.1) is 18.0 Å². The predicted molar refractivity (Wildman–Crippen MR) is 127 cm³/mol. The Labute approximate surface area is 195 Å². The highest BCUT2D eigenvalue weighted by molar-refractivity contribution is 7.89. The second-order valence-corrected chi connectivity index (χ2v) is 10.1. The molecule has 4 rings (SSSR count). The van der Waals surface area contributed by atoms with Crippen LogP contribution in [0.5, 0.6) is 5.75 Å². The molecule has 0 spiro atoms. The van der Waals surface area contributed by atoms with E-state index in [-0.39, 0.29) is 22.8 Å². The smallest absolute Gasteiger partial charge is 0.243 e. The molecule has 1 saturated heterocycles. The monoisotopic (exact) mass is 464 g/mol. The minimum atomic E-state index is -3.60. The molecule has 6 nitrogen and oxygen atoms in total. The van der Waals surface area contributed by atoms with Gasteiger partial charge in [-0.05, 0) is 48.2 Å². The van der Waals surface area contributed by atoms with Crippen molar-refractivity contribution in [2.45, 2.75) is 23.8 Å². The highest BCUT2D eigenvalue weighted by atomic mass is 32.2. The van der Waals surface area contributed by atoms with Crippen LogP contribution >= 0.6 is 0 Å². The van der Waals surface area contributed by atoms with Gasteiger partial charge in [0, 0.05) is 19.0 Å². The van der Waals surface area contributed by atoms with Crippen LogP contribution in [0.2, 0.25) is 0 Å². The van der Waals surface area contributed by atoms with Gasteiger partial charge in [0.1, 0.15) is 5.75 Å². The highest BCUT2D eigenvalue weighted by Crippen LogP contribution is 2.27. The molecule has 0 bridgehead atoms. The van der Waals surface area contributed by atoms with E-state index < -0.39 is 10.0 Å². The van der Waals surface area contributed by atoms with Crippen LogP contribution in [0.3, 0.4) is 0 Å². The average molecular weight is 465 g/mol. The maximum Gasteiger partial charge on any atom is 0.243 e. The molecule has 172 valence electrons. The van der Waals surface area contributed by atoms with Crippen LogP contribution in [0.1, 0.15) is 30.0 Å². The molecule has 1 heterocycles. The van der Waals surface area contributed by atoms with E-state index >= 15 is 0 Å². The summed E-state index contributed by atoms with van der Waals surface area (Å²) in [5.74, 6) is 0.326. The van der Waals surface area contributed by atoms with Gasteiger partial charge in [-0.2, -0.15) is 4.31 Å². The molecule has 3 aromatic rings. The van der Waals surface area contributed by atoms with E-state index in [0.717, 1.165) is 11.1 Å². The molecule has 33 heavy (non-hydrogen) atoms. The van der Waals surface area contributed by atoms with E-state index in [9.17, 15) is 13.2 Å². The summed E-state index contributed by atoms with van der Waals surface area (Å²) < 4.78 is 32.6. The second-order valence-electron chi connectivity index (χ2n) is 8.12. The van der Waals surface area contributed by atoms with Crippen molar-refractivity contribution in [1.29, 1.82) is 0 Å². The molecule has 1 aliphatic rings. The number of ether oxygens (including phenoxy) is 1. The maximum atomic E-state index is 13.2. The van der Waals surface area contributed by atoms with Gasteiger partial charge in [-0.1, -0.05) is 60.7 Å². The Bertz CT molecular complexity index is 1120. The molecule has 1 amide bonds. The number of methoxy groups -OCH3 is 1. The van der Waals surface area contributed by atoms with Crippen molar-refractivity contribution in [3.63, 3.8) is 0 Å². The van der Waals surface area contributed by atoms with Gasteiger partial charge in [-0.3, -0.25) is 4.79 Å². The summed E-state index contributed by atoms with van der Waals surface area (Å²) in [5.41, 5.74) is 2.02. The first kappa shape index (κ1) is 23.0. The SMILES string of the molecule is COc1ccc(S(=O)(=O)N2CCC(C(=O)NC(c3ccccc3)c3ccccc3)CC2)cc1. The van der Waals surface area contributed by atoms with E-state index in [4.69, 9.17) is 4.74 Å². The molecule has 7 heteroatoms. The summed E-state index contributed by atoms with van der Waals surface area (Å²) in [6.07, 6.45) is 0.967. The number of benzene rings is 3. The molecule has 0 unspecified atom stereocenters. The number of carbonyl (C=O) groups excluding carboxylic acids is 1. The van der Waals surface area contributed by atoms with Gasteiger partial charge in [0.25, 0.3) is 0 Å². The zero-order chi connectivity index (χ0) is 23.3. The number of carbonyl (C=O) groups is 1. The molecule has 0 aromatic heterocycles. The maximum absolute atomic E-state index is 13.2. The third-order valence-corrected chi connectivity index (χ3v) is 7.99. The lowest BCUT2D eigenvalue weighted by Crippen LogP contribution is -2.43. The Kier molecular flexibility index (Phi) is 7.11. The van der Waals surface area contributed by atoms with Gasteiger partial charge < -0.3 is 10.1 Å². The van der Waals surface area contributed by atoms with Crippen LogP contribution in [0.15, 0.2) is 89.8 Å². The number of piperidine rings is 1. The Hall–Kier alpha value is -3.16. The molecular weight excluding hydrogens is 436 g/mol. The molecule has 1 aliphatic heterocycles. The molecule has 1 fully saturated rings. The number of hydrogen-bond acceptors (Lipinski definition) is 4. The van der Waals surface area contributed by atoms with E-state index in [1.165, 1.54) is 4.31 Å². The Balaban J connectivity index is 1.43. The fraction of sp³-hybridized carbons (Fsp3) is 0.269. The van der Waals surface area contributed by atoms with E-state index in [2.05, 4.69) is 5.32 Å². The summed E-state index contributed by atoms with van der Waals surface area (Å²) >= 11 is 0. The topological polar surface area (TPSA) is 75.7 Å². The van der Waals surface area contributed by atoms with Crippen LogP contribution in [-0.2, 0) is 14.8 Å². The fourth-order valence-electron chi connectivity index (χ4n) is 4.17. The Morgan fingerprint density at radius 1 is 0.879 bits per heavy atom. The predicted octanol–water partition coefficient (Wildman–Crippen LogP) is 4.00. The lowest BCUT2D eigenvalue weighted by atomic mass is 9.94. The highest BCUT2D eigenvalue weighted by Gasteiger charge is 2.33. The summed E-state index contributed by atoms with van der Waals surface area (Å²) in [7, 11) is -2.06. The third kappa shape index (κ3) is 5.26. The Morgan fingerprint density at radius 3 is 1.88 bits per heavy atom. The van der Waals surface area contributed by atoms with E-state index in [1.807, 2.05) is 60.7 Å². The Morgan fingerprint density at radius 2 is 1.39 bits per heavy atom. The van der Waals surface area contributed by atoms with Crippen LogP contribution in [0.25, 0.3) is 0 Å². The van der Waals surface area contributed by atoms with Crippen molar-refractivity contribution in [1.82, 2.24) is 9.62 Å². The molecule has 0 saturated carbocycles. The molecular formula is C26H28N2O4S. The van der Waals surface area contributed by atoms with E-state index in [0.29, 0.717) is 31.7 Å². The number of sulfonamides is 1. The van der Waals surface area contributed by atoms with Gasteiger partial charge in [0.2, 0.25) is 15.9 Å². The normalized spacial score (nSPS) is 15.3. The molecule has 1 N–H and O–H groups in total. The van der Waals surface area contributed by atoms with Crippen LogP contribution in [0, 0.1) is 5.92 Å². The largest absolute Gasteiger partial charge is 0.497 e. The summed E-state index contributed by atoms with van der Waals surface area (Å²) in [6.45, 7) is 0.627. The number of nitrogens with one attached hydrogen (secondary N) is 1. The standard InChI is InChI=1S/C26H28N2O4S/c1-32-23-12-14-24(15-13-23)33(30,31)28-18-16-22(17-19-28)26(29)27-25(20-8-4-2-5-9-20)21-10-6-3-7-11-21/h2-15,22,25H,16-19H2,1H3,(H,27,29). The van der Waals surface area contributed by atoms with Crippen molar-refractivity contribution < 1.29 is 17.9 Å². The number of rotatable bonds is 7. The first-order chi connectivity index (χ1) is 16.0. The summed E-state index contributed by atoms with van der Waals surface area (Å²) in [5, 5.41) is 3.20. The number of nitrogens with zero attached hydrogens (tertiary/aromatic N) is 1. The van der Waals surface area contributed by atoms with Crippen LogP contribution < -0.4 is 10.1 Å². The minimum absolute atomic E-state index is 0.0470. The zero-order valence-electron chi connectivity index (χ0n) is 18.6. The van der Waals surface area contributed by atoms with E-state index in [1.54, 1.807) is 31.4 Å². The molecule has 0 atom stereocenters. The van der Waals surface area contributed by atoms with Gasteiger partial charge in [0.15, 0.2) is 0 Å². The molecule has 0 radical (unpaired) electrons. The van der Waals surface area contributed by atoms with Crippen molar-refractivity contribution in [3.05, 3.63) is 96.1 Å². The van der Waals surface area contributed by atoms with Gasteiger partial charge >= 0.3 is 0 Å². The lowest BCUT2D eigenvalue weighted by molar-refractivity contribution is -0.126. The summed E-state index contributed by atoms with van der Waals surface area (Å²) in [6, 6.07) is 25.9. The minimum Gasteiger partial charge on any atom is -0.497 e. The molecule has 0 aliphatic carbocycles. The van der Waals surface area contributed by atoms with Gasteiger partial charge in [-0.15, -0.1) is 0 Å². The first-order valence-electron chi connectivity index (χ1n) is 11.0. The fourth-order valence-corrected chi connectivity index (χ4v) is 5.64. The zero-order valence-corrected chi connectivity index (χ0v) is 19.4. The second kappa shape index (κ2) is 10.2. The van der Waals surface area contributed by atoms with Crippen molar-refractivity contribution >= 4 is 15.9 Å². The molecule has 3 aromatic carbocycles. The lowest BCUT2D eigenvalue weighted by Gasteiger charge is -2.31. The van der Waals surface area contributed by atoms with Crippen molar-refractivity contribution in [2.24, 2.45) is 5.92 Å².